The molecule has 2 N–H and O–H groups in total. The van der Waals surface area contributed by atoms with Crippen LogP contribution in [0.4, 0.5) is 17.1 Å². The Balaban J connectivity index is 2.24. The molecule has 1 atom stereocenters. The highest BCUT2D eigenvalue weighted by molar-refractivity contribution is 5.64. The Morgan fingerprint density at radius 1 is 1.14 bits per heavy atom. The molecule has 0 saturated heterocycles. The molecule has 0 radical (unpaired) electrons. The molecule has 0 saturated carbocycles. The molecule has 0 amide bonds. The van der Waals surface area contributed by atoms with Crippen LogP contribution >= 0.6 is 0 Å². The van der Waals surface area contributed by atoms with Crippen LogP contribution < -0.4 is 10.6 Å². The van der Waals surface area contributed by atoms with E-state index in [4.69, 9.17) is 0 Å². The molecule has 2 aromatic carbocycles. The molecule has 0 aliphatic rings. The maximum absolute atomic E-state index is 11.0. The van der Waals surface area contributed by atoms with Gasteiger partial charge in [0.25, 0.3) is 5.69 Å². The number of nitrogens with one attached hydrogen (secondary N) is 2. The lowest BCUT2D eigenvalue weighted by Gasteiger charge is -2.16. The van der Waals surface area contributed by atoms with E-state index in [1.54, 1.807) is 12.1 Å². The summed E-state index contributed by atoms with van der Waals surface area (Å²) in [7, 11) is 0. The third kappa shape index (κ3) is 3.95. The Bertz CT molecular complexity index is 614. The van der Waals surface area contributed by atoms with E-state index in [0.29, 0.717) is 0 Å². The summed E-state index contributed by atoms with van der Waals surface area (Å²) >= 11 is 0. The molecule has 2 rings (SSSR count). The molecule has 5 nitrogen and oxygen atoms in total. The molecule has 21 heavy (non-hydrogen) atoms. The van der Waals surface area contributed by atoms with E-state index in [1.165, 1.54) is 0 Å². The van der Waals surface area contributed by atoms with Gasteiger partial charge in [-0.25, -0.2) is 0 Å². The first kappa shape index (κ1) is 14.8. The van der Waals surface area contributed by atoms with Gasteiger partial charge >= 0.3 is 0 Å². The van der Waals surface area contributed by atoms with Crippen molar-refractivity contribution in [2.45, 2.75) is 19.9 Å². The number of benzene rings is 2. The first-order valence-corrected chi connectivity index (χ1v) is 6.95. The van der Waals surface area contributed by atoms with Gasteiger partial charge in [0, 0.05) is 36.1 Å². The number of nitro groups is 1. The van der Waals surface area contributed by atoms with Gasteiger partial charge in [0.15, 0.2) is 0 Å². The van der Waals surface area contributed by atoms with E-state index < -0.39 is 0 Å². The Kier molecular flexibility index (Phi) is 4.77. The van der Waals surface area contributed by atoms with Crippen LogP contribution in [0.5, 0.6) is 0 Å². The molecule has 1 unspecified atom stereocenters. The highest BCUT2D eigenvalue weighted by atomic mass is 16.6. The van der Waals surface area contributed by atoms with Gasteiger partial charge < -0.3 is 10.6 Å². The minimum atomic E-state index is -0.376. The predicted molar refractivity (Wildman–Crippen MR) is 85.7 cm³/mol. The fourth-order valence-electron chi connectivity index (χ4n) is 2.18. The zero-order valence-corrected chi connectivity index (χ0v) is 12.2. The van der Waals surface area contributed by atoms with Gasteiger partial charge in [0.05, 0.1) is 4.92 Å². The Morgan fingerprint density at radius 3 is 2.43 bits per heavy atom. The third-order valence-corrected chi connectivity index (χ3v) is 3.19. The van der Waals surface area contributed by atoms with Crippen molar-refractivity contribution in [3.05, 3.63) is 64.2 Å². The lowest BCUT2D eigenvalue weighted by atomic mass is 10.1. The van der Waals surface area contributed by atoms with E-state index in [9.17, 15) is 10.1 Å². The minimum Gasteiger partial charge on any atom is -0.385 e. The first-order valence-electron chi connectivity index (χ1n) is 6.95. The highest BCUT2D eigenvalue weighted by Gasteiger charge is 2.11. The number of anilines is 2. The van der Waals surface area contributed by atoms with Crippen molar-refractivity contribution >= 4 is 17.1 Å². The summed E-state index contributed by atoms with van der Waals surface area (Å²) in [6, 6.07) is 15.0. The van der Waals surface area contributed by atoms with Crippen molar-refractivity contribution in [2.75, 3.05) is 17.2 Å². The number of rotatable bonds is 6. The zero-order valence-electron chi connectivity index (χ0n) is 12.2. The maximum Gasteiger partial charge on any atom is 0.273 e. The topological polar surface area (TPSA) is 67.2 Å². The van der Waals surface area contributed by atoms with Crippen LogP contribution in [-0.4, -0.2) is 11.5 Å². The standard InChI is InChI=1S/C16H19N3O2/c1-3-17-14-9-15(11-16(10-14)19(20)21)18-12(2)13-7-5-4-6-8-13/h4-12,17-18H,3H2,1-2H3. The van der Waals surface area contributed by atoms with Crippen molar-refractivity contribution in [3.63, 3.8) is 0 Å². The van der Waals surface area contributed by atoms with Gasteiger partial charge in [0.1, 0.15) is 0 Å². The van der Waals surface area contributed by atoms with E-state index in [0.717, 1.165) is 23.5 Å². The average Bonchev–Trinajstić information content (AvgIpc) is 2.48. The van der Waals surface area contributed by atoms with E-state index in [1.807, 2.05) is 50.2 Å². The molecule has 0 fully saturated rings. The molecule has 2 aromatic rings. The summed E-state index contributed by atoms with van der Waals surface area (Å²) in [4.78, 5) is 10.6. The number of nitro benzene ring substituents is 1. The number of hydrogen-bond acceptors (Lipinski definition) is 4. The zero-order chi connectivity index (χ0) is 15.2. The maximum atomic E-state index is 11.0. The molecule has 0 bridgehead atoms. The van der Waals surface area contributed by atoms with Crippen LogP contribution in [0.15, 0.2) is 48.5 Å². The minimum absolute atomic E-state index is 0.0719. The monoisotopic (exact) mass is 285 g/mol. The van der Waals surface area contributed by atoms with Crippen LogP contribution in [0.1, 0.15) is 25.5 Å². The number of nitrogens with zero attached hydrogens (tertiary/aromatic N) is 1. The quantitative estimate of drug-likeness (QED) is 0.616. The van der Waals surface area contributed by atoms with Crippen LogP contribution in [-0.2, 0) is 0 Å². The molecular weight excluding hydrogens is 266 g/mol. The lowest BCUT2D eigenvalue weighted by Crippen LogP contribution is -2.07. The Hall–Kier alpha value is -2.56. The van der Waals surface area contributed by atoms with Gasteiger partial charge in [0.2, 0.25) is 0 Å². The molecule has 110 valence electrons. The third-order valence-electron chi connectivity index (χ3n) is 3.19. The predicted octanol–water partition coefficient (Wildman–Crippen LogP) is 4.20. The van der Waals surface area contributed by atoms with E-state index in [2.05, 4.69) is 10.6 Å². The van der Waals surface area contributed by atoms with E-state index in [-0.39, 0.29) is 16.7 Å². The molecular formula is C16H19N3O2. The summed E-state index contributed by atoms with van der Waals surface area (Å²) in [5, 5.41) is 17.4. The SMILES string of the molecule is CCNc1cc(NC(C)c2ccccc2)cc([N+](=O)[O-])c1. The van der Waals surface area contributed by atoms with Crippen LogP contribution in [0.3, 0.4) is 0 Å². The summed E-state index contributed by atoms with van der Waals surface area (Å²) in [6.45, 7) is 4.70. The van der Waals surface area contributed by atoms with Crippen molar-refractivity contribution in [3.8, 4) is 0 Å². The van der Waals surface area contributed by atoms with Crippen LogP contribution in [0.25, 0.3) is 0 Å². The summed E-state index contributed by atoms with van der Waals surface area (Å²) in [6.07, 6.45) is 0. The van der Waals surface area contributed by atoms with Gasteiger partial charge in [-0.2, -0.15) is 0 Å². The number of non-ortho nitro benzene ring substituents is 1. The summed E-state index contributed by atoms with van der Waals surface area (Å²) in [5.41, 5.74) is 2.69. The van der Waals surface area contributed by atoms with Crippen molar-refractivity contribution in [1.29, 1.82) is 0 Å². The molecule has 0 aliphatic heterocycles. The second-order valence-corrected chi connectivity index (χ2v) is 4.83. The Morgan fingerprint density at radius 2 is 1.81 bits per heavy atom. The fourth-order valence-corrected chi connectivity index (χ4v) is 2.18. The summed E-state index contributed by atoms with van der Waals surface area (Å²) < 4.78 is 0. The number of hydrogen-bond donors (Lipinski definition) is 2. The molecule has 0 aromatic heterocycles. The normalized spacial score (nSPS) is 11.7. The summed E-state index contributed by atoms with van der Waals surface area (Å²) in [5.74, 6) is 0. The fraction of sp³-hybridized carbons (Fsp3) is 0.250. The Labute approximate surface area is 124 Å². The van der Waals surface area contributed by atoms with Crippen LogP contribution in [0.2, 0.25) is 0 Å². The lowest BCUT2D eigenvalue weighted by molar-refractivity contribution is -0.384. The molecule has 0 aliphatic carbocycles. The van der Waals surface area contributed by atoms with Crippen molar-refractivity contribution in [2.24, 2.45) is 0 Å². The van der Waals surface area contributed by atoms with Crippen molar-refractivity contribution in [1.82, 2.24) is 0 Å². The van der Waals surface area contributed by atoms with E-state index >= 15 is 0 Å². The van der Waals surface area contributed by atoms with Gasteiger partial charge in [-0.05, 0) is 25.5 Å². The van der Waals surface area contributed by atoms with Gasteiger partial charge in [-0.15, -0.1) is 0 Å². The van der Waals surface area contributed by atoms with Crippen molar-refractivity contribution < 1.29 is 4.92 Å². The second-order valence-electron chi connectivity index (χ2n) is 4.83. The van der Waals surface area contributed by atoms with Gasteiger partial charge in [-0.3, -0.25) is 10.1 Å². The highest BCUT2D eigenvalue weighted by Crippen LogP contribution is 2.27. The second kappa shape index (κ2) is 6.74. The smallest absolute Gasteiger partial charge is 0.273 e. The molecule has 0 spiro atoms. The largest absolute Gasteiger partial charge is 0.385 e. The average molecular weight is 285 g/mol. The molecule has 5 heteroatoms. The van der Waals surface area contributed by atoms with Gasteiger partial charge in [-0.1, -0.05) is 30.3 Å². The first-order chi connectivity index (χ1) is 10.1. The molecule has 0 heterocycles. The van der Waals surface area contributed by atoms with Crippen LogP contribution in [0, 0.1) is 10.1 Å².